The molecular formula is C7H10N4. The van der Waals surface area contributed by atoms with E-state index in [0.29, 0.717) is 0 Å². The van der Waals surface area contributed by atoms with Crippen molar-refractivity contribution in [1.29, 1.82) is 0 Å². The normalized spacial score (nSPS) is 16.3. The van der Waals surface area contributed by atoms with Crippen molar-refractivity contribution in [3.8, 4) is 0 Å². The first-order chi connectivity index (χ1) is 5.42. The second kappa shape index (κ2) is 2.39. The van der Waals surface area contributed by atoms with Gasteiger partial charge in [0, 0.05) is 7.05 Å². The molecular weight excluding hydrogens is 140 g/mol. The molecule has 0 unspecified atom stereocenters. The first kappa shape index (κ1) is 6.42. The van der Waals surface area contributed by atoms with E-state index in [2.05, 4.69) is 20.4 Å². The number of anilines is 1. The van der Waals surface area contributed by atoms with Crippen molar-refractivity contribution in [1.82, 2.24) is 9.99 Å². The lowest BCUT2D eigenvalue weighted by Crippen LogP contribution is -2.20. The summed E-state index contributed by atoms with van der Waals surface area (Å²) in [6.45, 7) is 0.781. The topological polar surface area (TPSA) is 41.4 Å². The number of hydrazine groups is 1. The van der Waals surface area contributed by atoms with Crippen LogP contribution in [0.2, 0.25) is 0 Å². The standard InChI is InChI=1S/C7H10N4/c1-8-6-3-2-4-7-10-9-5-11(6)7/h2-4,9-10H,5H2,1H3. The summed E-state index contributed by atoms with van der Waals surface area (Å²) in [6, 6.07) is 5.97. The molecule has 0 aromatic carbocycles. The average Bonchev–Trinajstić information content (AvgIpc) is 2.50. The molecule has 1 aromatic rings. The summed E-state index contributed by atoms with van der Waals surface area (Å²) in [6.07, 6.45) is 0. The molecule has 1 aliphatic heterocycles. The van der Waals surface area contributed by atoms with Crippen LogP contribution in [-0.2, 0) is 6.67 Å². The third-order valence-corrected chi connectivity index (χ3v) is 1.75. The Bertz CT molecular complexity index is 325. The Morgan fingerprint density at radius 1 is 1.55 bits per heavy atom. The smallest absolute Gasteiger partial charge is 0.129 e. The summed E-state index contributed by atoms with van der Waals surface area (Å²) in [5.41, 5.74) is 7.03. The molecule has 1 aliphatic rings. The van der Waals surface area contributed by atoms with Crippen LogP contribution in [0.4, 0.5) is 5.82 Å². The molecule has 0 atom stereocenters. The van der Waals surface area contributed by atoms with Gasteiger partial charge in [-0.3, -0.25) is 9.56 Å². The van der Waals surface area contributed by atoms with Crippen molar-refractivity contribution in [3.63, 3.8) is 0 Å². The molecule has 0 fully saturated rings. The van der Waals surface area contributed by atoms with Gasteiger partial charge in [-0.05, 0) is 12.1 Å². The summed E-state index contributed by atoms with van der Waals surface area (Å²) < 4.78 is 2.07. The number of fused-ring (bicyclic) bond motifs is 1. The van der Waals surface area contributed by atoms with Crippen LogP contribution in [0.3, 0.4) is 0 Å². The van der Waals surface area contributed by atoms with Gasteiger partial charge in [0.2, 0.25) is 0 Å². The van der Waals surface area contributed by atoms with E-state index in [1.807, 2.05) is 18.2 Å². The second-order valence-corrected chi connectivity index (χ2v) is 2.38. The van der Waals surface area contributed by atoms with Gasteiger partial charge in [-0.1, -0.05) is 6.07 Å². The molecule has 4 nitrogen and oxygen atoms in total. The predicted molar refractivity (Wildman–Crippen MR) is 42.7 cm³/mol. The van der Waals surface area contributed by atoms with Crippen LogP contribution in [-0.4, -0.2) is 11.6 Å². The minimum absolute atomic E-state index is 0.781. The molecule has 0 saturated carbocycles. The number of nitrogens with zero attached hydrogens (tertiary/aromatic N) is 2. The van der Waals surface area contributed by atoms with Crippen molar-refractivity contribution in [2.24, 2.45) is 4.99 Å². The number of hydrogen-bond donors (Lipinski definition) is 2. The molecule has 0 aliphatic carbocycles. The van der Waals surface area contributed by atoms with Gasteiger partial charge < -0.3 is 5.43 Å². The van der Waals surface area contributed by atoms with Gasteiger partial charge in [0.05, 0.1) is 6.67 Å². The molecule has 0 amide bonds. The summed E-state index contributed by atoms with van der Waals surface area (Å²) in [7, 11) is 1.79. The second-order valence-electron chi connectivity index (χ2n) is 2.38. The highest BCUT2D eigenvalue weighted by molar-refractivity contribution is 5.36. The molecule has 58 valence electrons. The number of nitrogens with one attached hydrogen (secondary N) is 2. The van der Waals surface area contributed by atoms with Gasteiger partial charge in [0.1, 0.15) is 11.3 Å². The molecule has 2 N–H and O–H groups in total. The zero-order valence-corrected chi connectivity index (χ0v) is 6.33. The Balaban J connectivity index is 2.69. The Hall–Kier alpha value is -1.29. The van der Waals surface area contributed by atoms with E-state index in [0.717, 1.165) is 18.0 Å². The van der Waals surface area contributed by atoms with Crippen LogP contribution in [0.15, 0.2) is 23.2 Å². The molecule has 0 spiro atoms. The summed E-state index contributed by atoms with van der Waals surface area (Å²) >= 11 is 0. The van der Waals surface area contributed by atoms with E-state index in [-0.39, 0.29) is 0 Å². The first-order valence-electron chi connectivity index (χ1n) is 3.53. The maximum absolute atomic E-state index is 4.13. The van der Waals surface area contributed by atoms with Crippen molar-refractivity contribution >= 4 is 5.82 Å². The highest BCUT2D eigenvalue weighted by Gasteiger charge is 2.05. The van der Waals surface area contributed by atoms with Gasteiger partial charge in [-0.2, -0.15) is 0 Å². The molecule has 2 rings (SSSR count). The third kappa shape index (κ3) is 0.914. The zero-order chi connectivity index (χ0) is 7.68. The zero-order valence-electron chi connectivity index (χ0n) is 6.33. The van der Waals surface area contributed by atoms with Crippen molar-refractivity contribution in [2.45, 2.75) is 6.67 Å². The average molecular weight is 150 g/mol. The Morgan fingerprint density at radius 3 is 3.27 bits per heavy atom. The summed E-state index contributed by atoms with van der Waals surface area (Å²) in [5.74, 6) is 1.06. The van der Waals surface area contributed by atoms with Gasteiger partial charge in [-0.15, -0.1) is 0 Å². The van der Waals surface area contributed by atoms with Gasteiger partial charge in [0.25, 0.3) is 0 Å². The molecule has 0 radical (unpaired) electrons. The molecule has 11 heavy (non-hydrogen) atoms. The van der Waals surface area contributed by atoms with E-state index in [1.165, 1.54) is 0 Å². The Morgan fingerprint density at radius 2 is 2.45 bits per heavy atom. The van der Waals surface area contributed by atoms with Crippen molar-refractivity contribution in [2.75, 3.05) is 12.5 Å². The highest BCUT2D eigenvalue weighted by Crippen LogP contribution is 2.05. The number of aromatic nitrogens is 1. The molecule has 1 aromatic heterocycles. The van der Waals surface area contributed by atoms with Crippen LogP contribution in [0.25, 0.3) is 0 Å². The maximum atomic E-state index is 4.13. The van der Waals surface area contributed by atoms with Crippen LogP contribution < -0.4 is 16.3 Å². The first-order valence-corrected chi connectivity index (χ1v) is 3.53. The minimum atomic E-state index is 0.781. The van der Waals surface area contributed by atoms with E-state index in [9.17, 15) is 0 Å². The van der Waals surface area contributed by atoms with Gasteiger partial charge in [0.15, 0.2) is 0 Å². The van der Waals surface area contributed by atoms with Crippen molar-refractivity contribution in [3.05, 3.63) is 23.7 Å². The van der Waals surface area contributed by atoms with E-state index in [4.69, 9.17) is 0 Å². The van der Waals surface area contributed by atoms with E-state index >= 15 is 0 Å². The highest BCUT2D eigenvalue weighted by atomic mass is 15.5. The predicted octanol–water partition coefficient (Wildman–Crippen LogP) is -0.0938. The Kier molecular flexibility index (Phi) is 1.40. The van der Waals surface area contributed by atoms with Gasteiger partial charge in [-0.25, -0.2) is 5.43 Å². The fourth-order valence-electron chi connectivity index (χ4n) is 1.21. The Labute approximate surface area is 64.6 Å². The molecule has 0 saturated heterocycles. The quantitative estimate of drug-likeness (QED) is 0.542. The summed E-state index contributed by atoms with van der Waals surface area (Å²) in [4.78, 5) is 4.13. The number of pyridine rings is 1. The molecule has 4 heteroatoms. The third-order valence-electron chi connectivity index (χ3n) is 1.75. The lowest BCUT2D eigenvalue weighted by Gasteiger charge is -1.99. The maximum Gasteiger partial charge on any atom is 0.129 e. The van der Waals surface area contributed by atoms with Crippen LogP contribution in [0, 0.1) is 0 Å². The van der Waals surface area contributed by atoms with Gasteiger partial charge >= 0.3 is 0 Å². The van der Waals surface area contributed by atoms with E-state index in [1.54, 1.807) is 7.05 Å². The minimum Gasteiger partial charge on any atom is -0.305 e. The summed E-state index contributed by atoms with van der Waals surface area (Å²) in [5, 5.41) is 0. The van der Waals surface area contributed by atoms with Crippen LogP contribution in [0.1, 0.15) is 0 Å². The van der Waals surface area contributed by atoms with E-state index < -0.39 is 0 Å². The number of hydrogen-bond acceptors (Lipinski definition) is 3. The van der Waals surface area contributed by atoms with Crippen LogP contribution in [0.5, 0.6) is 0 Å². The molecule has 2 heterocycles. The SMILES string of the molecule is CN=c1cccc2n1CNN2. The number of rotatable bonds is 0. The van der Waals surface area contributed by atoms with Crippen LogP contribution >= 0.6 is 0 Å². The fourth-order valence-corrected chi connectivity index (χ4v) is 1.21. The molecule has 0 bridgehead atoms. The lowest BCUT2D eigenvalue weighted by atomic mass is 10.4. The van der Waals surface area contributed by atoms with Crippen molar-refractivity contribution < 1.29 is 0 Å². The largest absolute Gasteiger partial charge is 0.305 e. The monoisotopic (exact) mass is 150 g/mol. The fraction of sp³-hybridized carbons (Fsp3) is 0.286. The lowest BCUT2D eigenvalue weighted by molar-refractivity contribution is 0.662.